The molecule has 46 heavy (non-hydrogen) atoms. The molecule has 2 aromatic heterocycles. The lowest BCUT2D eigenvalue weighted by atomic mass is 9.96. The number of carbonyl (C=O) groups excluding carboxylic acids is 2. The lowest BCUT2D eigenvalue weighted by Gasteiger charge is -2.23. The molecular formula is C37H36F2N4O3. The summed E-state index contributed by atoms with van der Waals surface area (Å²) in [5.74, 6) is -2.27. The number of nitrogens with two attached hydrogens (primary N) is 1. The van der Waals surface area contributed by atoms with Crippen LogP contribution in [-0.4, -0.2) is 33.5 Å². The van der Waals surface area contributed by atoms with Crippen molar-refractivity contribution in [1.29, 1.82) is 0 Å². The number of ketones is 1. The van der Waals surface area contributed by atoms with E-state index in [0.717, 1.165) is 45.6 Å². The first-order valence-electron chi connectivity index (χ1n) is 14.7. The van der Waals surface area contributed by atoms with Gasteiger partial charge in [0.1, 0.15) is 5.60 Å². The van der Waals surface area contributed by atoms with E-state index in [4.69, 9.17) is 10.5 Å². The quantitative estimate of drug-likeness (QED) is 0.173. The highest BCUT2D eigenvalue weighted by atomic mass is 19.2. The van der Waals surface area contributed by atoms with Crippen LogP contribution in [0.5, 0.6) is 0 Å². The Morgan fingerprint density at radius 1 is 0.739 bits per heavy atom. The Kier molecular flexibility index (Phi) is 11.3. The zero-order chi connectivity index (χ0) is 33.1. The summed E-state index contributed by atoms with van der Waals surface area (Å²) >= 11 is 0. The third-order valence-corrected chi connectivity index (χ3v) is 6.72. The molecule has 0 aliphatic heterocycles. The number of alkyl carbamates (subject to hydrolysis) is 1. The molecule has 1 amide bonds. The van der Waals surface area contributed by atoms with Crippen LogP contribution in [0.15, 0.2) is 116 Å². The van der Waals surface area contributed by atoms with Gasteiger partial charge in [-0.1, -0.05) is 42.5 Å². The molecule has 2 heterocycles. The standard InChI is InChI=1S/C26H26F2N2O3.C11H10N2/c1-26(2,3)33-25(32)30-23(15-18-7-8-21(27)22(28)14-18)24(31)16-17-5-4-6-20(13-17)19-9-11-29-12-10-19;12-11-3-1-2-10(8-11)9-4-6-13-7-5-9/h4-14,23H,15-16H2,1-3H3,(H,30,32);1-8H,12H2/t23-;/m0./s1. The molecule has 3 N–H and O–H groups in total. The number of amides is 1. The Labute approximate surface area is 267 Å². The van der Waals surface area contributed by atoms with E-state index in [2.05, 4.69) is 15.3 Å². The van der Waals surface area contributed by atoms with Crippen LogP contribution in [-0.2, 0) is 22.4 Å². The van der Waals surface area contributed by atoms with Crippen LogP contribution >= 0.6 is 0 Å². The van der Waals surface area contributed by atoms with E-state index < -0.39 is 29.4 Å². The molecule has 236 valence electrons. The molecular weight excluding hydrogens is 586 g/mol. The molecule has 5 aromatic rings. The number of hydrogen-bond donors (Lipinski definition) is 2. The summed E-state index contributed by atoms with van der Waals surface area (Å²) in [7, 11) is 0. The van der Waals surface area contributed by atoms with E-state index in [-0.39, 0.29) is 18.6 Å². The maximum atomic E-state index is 13.7. The Hall–Kier alpha value is -5.44. The fourth-order valence-electron chi connectivity index (χ4n) is 4.59. The predicted octanol–water partition coefficient (Wildman–Crippen LogP) is 7.61. The van der Waals surface area contributed by atoms with Gasteiger partial charge in [0.25, 0.3) is 0 Å². The van der Waals surface area contributed by atoms with Crippen molar-refractivity contribution < 1.29 is 23.1 Å². The number of nitrogen functional groups attached to an aromatic ring is 1. The first-order valence-corrected chi connectivity index (χ1v) is 14.7. The van der Waals surface area contributed by atoms with Crippen molar-refractivity contribution in [1.82, 2.24) is 15.3 Å². The smallest absolute Gasteiger partial charge is 0.408 e. The molecule has 1 atom stereocenters. The molecule has 0 aliphatic carbocycles. The number of benzene rings is 3. The second kappa shape index (κ2) is 15.5. The maximum absolute atomic E-state index is 13.7. The van der Waals surface area contributed by atoms with E-state index in [1.54, 1.807) is 45.6 Å². The summed E-state index contributed by atoms with van der Waals surface area (Å²) in [6, 6.07) is 25.4. The first-order chi connectivity index (χ1) is 22.0. The zero-order valence-electron chi connectivity index (χ0n) is 25.9. The van der Waals surface area contributed by atoms with Crippen LogP contribution < -0.4 is 11.1 Å². The van der Waals surface area contributed by atoms with Crippen molar-refractivity contribution >= 4 is 17.6 Å². The van der Waals surface area contributed by atoms with Gasteiger partial charge in [-0.3, -0.25) is 14.8 Å². The van der Waals surface area contributed by atoms with Crippen molar-refractivity contribution in [3.63, 3.8) is 0 Å². The molecule has 0 saturated carbocycles. The molecule has 0 aliphatic rings. The number of nitrogens with one attached hydrogen (secondary N) is 1. The molecule has 0 bridgehead atoms. The van der Waals surface area contributed by atoms with Crippen LogP contribution in [0.3, 0.4) is 0 Å². The average Bonchev–Trinajstić information content (AvgIpc) is 3.03. The molecule has 0 saturated heterocycles. The van der Waals surface area contributed by atoms with Crippen molar-refractivity contribution in [3.8, 4) is 22.3 Å². The number of Topliss-reactive ketones (excluding diaryl/α,β-unsaturated/α-hetero) is 1. The second-order valence-corrected chi connectivity index (χ2v) is 11.6. The largest absolute Gasteiger partial charge is 0.444 e. The van der Waals surface area contributed by atoms with Gasteiger partial charge >= 0.3 is 6.09 Å². The Morgan fingerprint density at radius 3 is 1.89 bits per heavy atom. The number of halogens is 2. The van der Waals surface area contributed by atoms with Gasteiger partial charge in [-0.2, -0.15) is 0 Å². The van der Waals surface area contributed by atoms with Gasteiger partial charge in [-0.15, -0.1) is 0 Å². The molecule has 0 fully saturated rings. The number of nitrogens with zero attached hydrogens (tertiary/aromatic N) is 2. The van der Waals surface area contributed by atoms with Crippen LogP contribution in [0.25, 0.3) is 22.3 Å². The highest BCUT2D eigenvalue weighted by molar-refractivity contribution is 5.89. The number of pyridine rings is 2. The monoisotopic (exact) mass is 622 g/mol. The van der Waals surface area contributed by atoms with Crippen LogP contribution in [0.4, 0.5) is 19.3 Å². The number of ether oxygens (including phenoxy) is 1. The van der Waals surface area contributed by atoms with E-state index in [1.807, 2.05) is 72.8 Å². The molecule has 7 nitrogen and oxygen atoms in total. The molecule has 0 unspecified atom stereocenters. The molecule has 5 rings (SSSR count). The summed E-state index contributed by atoms with van der Waals surface area (Å²) in [5.41, 5.74) is 11.0. The fourth-order valence-corrected chi connectivity index (χ4v) is 4.59. The maximum Gasteiger partial charge on any atom is 0.408 e. The van der Waals surface area contributed by atoms with Gasteiger partial charge in [0.15, 0.2) is 17.4 Å². The minimum absolute atomic E-state index is 0.000673. The van der Waals surface area contributed by atoms with E-state index in [0.29, 0.717) is 5.56 Å². The highest BCUT2D eigenvalue weighted by Crippen LogP contribution is 2.21. The number of hydrogen-bond acceptors (Lipinski definition) is 6. The number of anilines is 1. The van der Waals surface area contributed by atoms with E-state index in [9.17, 15) is 18.4 Å². The normalized spacial score (nSPS) is 11.5. The van der Waals surface area contributed by atoms with Crippen LogP contribution in [0, 0.1) is 11.6 Å². The second-order valence-electron chi connectivity index (χ2n) is 11.6. The lowest BCUT2D eigenvalue weighted by molar-refractivity contribution is -0.120. The van der Waals surface area contributed by atoms with Gasteiger partial charge in [0.05, 0.1) is 6.04 Å². The number of rotatable bonds is 8. The number of carbonyl (C=O) groups is 2. The van der Waals surface area contributed by atoms with Crippen molar-refractivity contribution in [3.05, 3.63) is 139 Å². The molecule has 3 aromatic carbocycles. The van der Waals surface area contributed by atoms with E-state index in [1.165, 1.54) is 6.07 Å². The highest BCUT2D eigenvalue weighted by Gasteiger charge is 2.25. The van der Waals surface area contributed by atoms with Gasteiger partial charge in [-0.05, 0) is 109 Å². The summed E-state index contributed by atoms with van der Waals surface area (Å²) in [6.07, 6.45) is 6.22. The minimum atomic E-state index is -1.01. The summed E-state index contributed by atoms with van der Waals surface area (Å²) in [5, 5.41) is 2.59. The predicted molar refractivity (Wildman–Crippen MR) is 176 cm³/mol. The summed E-state index contributed by atoms with van der Waals surface area (Å²) < 4.78 is 32.3. The third-order valence-electron chi connectivity index (χ3n) is 6.72. The molecule has 0 radical (unpaired) electrons. The molecule has 9 heteroatoms. The van der Waals surface area contributed by atoms with Crippen molar-refractivity contribution in [2.24, 2.45) is 0 Å². The average molecular weight is 623 g/mol. The third kappa shape index (κ3) is 10.3. The fraction of sp³-hybridized carbons (Fsp3) is 0.189. The molecule has 0 spiro atoms. The number of aromatic nitrogens is 2. The first kappa shape index (κ1) is 33.5. The zero-order valence-corrected chi connectivity index (χ0v) is 25.9. The van der Waals surface area contributed by atoms with E-state index >= 15 is 0 Å². The van der Waals surface area contributed by atoms with Gasteiger partial charge < -0.3 is 15.8 Å². The van der Waals surface area contributed by atoms with Crippen molar-refractivity contribution in [2.45, 2.75) is 45.3 Å². The van der Waals surface area contributed by atoms with Gasteiger partial charge in [-0.25, -0.2) is 13.6 Å². The minimum Gasteiger partial charge on any atom is -0.444 e. The lowest BCUT2D eigenvalue weighted by Crippen LogP contribution is -2.45. The topological polar surface area (TPSA) is 107 Å². The summed E-state index contributed by atoms with van der Waals surface area (Å²) in [6.45, 7) is 5.13. The van der Waals surface area contributed by atoms with Crippen molar-refractivity contribution in [2.75, 3.05) is 5.73 Å². The Balaban J connectivity index is 0.000000305. The SMILES string of the molecule is CC(C)(C)OC(=O)N[C@@H](Cc1ccc(F)c(F)c1)C(=O)Cc1cccc(-c2ccncc2)c1.Nc1cccc(-c2ccncc2)c1. The van der Waals surface area contributed by atoms with Crippen LogP contribution in [0.1, 0.15) is 31.9 Å². The Morgan fingerprint density at radius 2 is 1.33 bits per heavy atom. The van der Waals surface area contributed by atoms with Gasteiger partial charge in [0.2, 0.25) is 0 Å². The Bertz CT molecular complexity index is 1760. The van der Waals surface area contributed by atoms with Crippen LogP contribution in [0.2, 0.25) is 0 Å². The van der Waals surface area contributed by atoms with Gasteiger partial charge in [0, 0.05) is 36.9 Å². The summed E-state index contributed by atoms with van der Waals surface area (Å²) in [4.78, 5) is 33.5.